The third-order valence-corrected chi connectivity index (χ3v) is 6.51. The zero-order chi connectivity index (χ0) is 22.7. The number of carbonyl (C=O) groups is 1. The molecule has 1 aliphatic rings. The number of ether oxygens (including phenoxy) is 2. The van der Waals surface area contributed by atoms with Crippen molar-refractivity contribution in [2.75, 3.05) is 12.0 Å². The maximum absolute atomic E-state index is 14.2. The van der Waals surface area contributed by atoms with Crippen molar-refractivity contribution in [2.24, 2.45) is 0 Å². The van der Waals surface area contributed by atoms with Gasteiger partial charge in [-0.05, 0) is 53.6 Å². The number of para-hydroxylation sites is 1. The van der Waals surface area contributed by atoms with Crippen molar-refractivity contribution >= 4 is 61.9 Å². The fraction of sp³-hybridized carbons (Fsp3) is 0.0833. The highest BCUT2D eigenvalue weighted by molar-refractivity contribution is 9.10. The number of amides is 1. The fourth-order valence-electron chi connectivity index (χ4n) is 3.09. The molecule has 8 heteroatoms. The van der Waals surface area contributed by atoms with Crippen LogP contribution in [0.3, 0.4) is 0 Å². The number of hydrogen-bond acceptors (Lipinski definition) is 5. The van der Waals surface area contributed by atoms with Gasteiger partial charge in [-0.2, -0.15) is 0 Å². The van der Waals surface area contributed by atoms with Crippen molar-refractivity contribution in [3.05, 3.63) is 93.1 Å². The van der Waals surface area contributed by atoms with Gasteiger partial charge in [0.25, 0.3) is 5.91 Å². The van der Waals surface area contributed by atoms with Crippen molar-refractivity contribution < 1.29 is 18.7 Å². The molecule has 3 aromatic rings. The molecule has 0 bridgehead atoms. The molecule has 0 radical (unpaired) electrons. The van der Waals surface area contributed by atoms with E-state index in [0.29, 0.717) is 23.0 Å². The Morgan fingerprint density at radius 1 is 1.09 bits per heavy atom. The lowest BCUT2D eigenvalue weighted by atomic mass is 10.1. The minimum atomic E-state index is -0.501. The monoisotopic (exact) mass is 529 g/mol. The lowest BCUT2D eigenvalue weighted by Crippen LogP contribution is -2.28. The predicted molar refractivity (Wildman–Crippen MR) is 134 cm³/mol. The molecule has 1 fully saturated rings. The average Bonchev–Trinajstić information content (AvgIpc) is 3.07. The molecule has 0 aliphatic carbocycles. The van der Waals surface area contributed by atoms with Crippen LogP contribution in [-0.2, 0) is 11.4 Å². The van der Waals surface area contributed by atoms with Gasteiger partial charge in [0, 0.05) is 4.47 Å². The van der Waals surface area contributed by atoms with E-state index >= 15 is 0 Å². The average molecular weight is 530 g/mol. The highest BCUT2D eigenvalue weighted by Gasteiger charge is 2.34. The van der Waals surface area contributed by atoms with Crippen LogP contribution in [0.2, 0.25) is 0 Å². The Morgan fingerprint density at radius 2 is 1.84 bits per heavy atom. The second kappa shape index (κ2) is 9.85. The summed E-state index contributed by atoms with van der Waals surface area (Å²) in [7, 11) is 1.56. The summed E-state index contributed by atoms with van der Waals surface area (Å²) < 4.78 is 26.8. The first kappa shape index (κ1) is 22.5. The minimum Gasteiger partial charge on any atom is -0.493 e. The second-order valence-corrected chi connectivity index (χ2v) is 9.39. The van der Waals surface area contributed by atoms with Gasteiger partial charge in [0.05, 0.1) is 17.7 Å². The van der Waals surface area contributed by atoms with Gasteiger partial charge in [-0.3, -0.25) is 9.69 Å². The number of rotatable bonds is 6. The lowest BCUT2D eigenvalue weighted by Gasteiger charge is -2.15. The van der Waals surface area contributed by atoms with E-state index in [9.17, 15) is 9.18 Å². The summed E-state index contributed by atoms with van der Waals surface area (Å²) in [6.07, 6.45) is 1.71. The maximum atomic E-state index is 14.2. The predicted octanol–water partition coefficient (Wildman–Crippen LogP) is 6.58. The molecule has 1 amide bonds. The molecule has 32 heavy (non-hydrogen) atoms. The van der Waals surface area contributed by atoms with Crippen LogP contribution in [-0.4, -0.2) is 17.3 Å². The van der Waals surface area contributed by atoms with E-state index in [1.54, 1.807) is 37.5 Å². The Kier molecular flexibility index (Phi) is 6.93. The Morgan fingerprint density at radius 3 is 2.56 bits per heavy atom. The normalized spacial score (nSPS) is 14.8. The Bertz CT molecular complexity index is 1210. The number of benzene rings is 3. The third kappa shape index (κ3) is 4.87. The van der Waals surface area contributed by atoms with Crippen LogP contribution in [0.4, 0.5) is 10.1 Å². The molecule has 0 atom stereocenters. The van der Waals surface area contributed by atoms with Crippen LogP contribution in [0, 0.1) is 5.82 Å². The van der Waals surface area contributed by atoms with E-state index in [4.69, 9.17) is 21.7 Å². The van der Waals surface area contributed by atoms with Crippen LogP contribution in [0.25, 0.3) is 6.08 Å². The van der Waals surface area contributed by atoms with Gasteiger partial charge in [-0.15, -0.1) is 0 Å². The lowest BCUT2D eigenvalue weighted by molar-refractivity contribution is -0.113. The highest BCUT2D eigenvalue weighted by atomic mass is 79.9. The summed E-state index contributed by atoms with van der Waals surface area (Å²) in [4.78, 5) is 14.5. The van der Waals surface area contributed by atoms with Gasteiger partial charge < -0.3 is 9.47 Å². The van der Waals surface area contributed by atoms with Crippen LogP contribution < -0.4 is 14.4 Å². The molecule has 0 N–H and O–H groups in total. The largest absolute Gasteiger partial charge is 0.493 e. The van der Waals surface area contributed by atoms with Crippen molar-refractivity contribution in [2.45, 2.75) is 6.61 Å². The third-order valence-electron chi connectivity index (χ3n) is 4.68. The quantitative estimate of drug-likeness (QED) is 0.266. The minimum absolute atomic E-state index is 0.146. The van der Waals surface area contributed by atoms with E-state index in [-0.39, 0.29) is 15.9 Å². The number of nitrogens with zero attached hydrogens (tertiary/aromatic N) is 1. The Labute approximate surface area is 203 Å². The van der Waals surface area contributed by atoms with Crippen LogP contribution in [0.15, 0.2) is 76.1 Å². The topological polar surface area (TPSA) is 38.8 Å². The van der Waals surface area contributed by atoms with Gasteiger partial charge in [-0.1, -0.05) is 70.2 Å². The van der Waals surface area contributed by atoms with E-state index in [1.807, 2.05) is 30.3 Å². The summed E-state index contributed by atoms with van der Waals surface area (Å²) in [5.41, 5.74) is 1.91. The summed E-state index contributed by atoms with van der Waals surface area (Å²) >= 11 is 9.87. The number of anilines is 1. The van der Waals surface area contributed by atoms with E-state index in [1.165, 1.54) is 17.0 Å². The van der Waals surface area contributed by atoms with Crippen LogP contribution in [0.5, 0.6) is 11.5 Å². The standard InChI is InChI=1S/C24H17BrFNO3S2/c1-29-21-12-16(8-11-20(21)30-14-15-6-9-17(25)10-7-15)13-22-23(28)27(24(31)32-22)19-5-3-2-4-18(19)26/h2-13H,14H2,1H3/b22-13+. The van der Waals surface area contributed by atoms with E-state index < -0.39 is 5.82 Å². The molecule has 0 aromatic heterocycles. The molecule has 4 rings (SSSR count). The summed E-state index contributed by atoms with van der Waals surface area (Å²) in [6.45, 7) is 0.393. The molecule has 0 saturated carbocycles. The molecule has 1 heterocycles. The van der Waals surface area contributed by atoms with Gasteiger partial charge >= 0.3 is 0 Å². The number of halogens is 2. The van der Waals surface area contributed by atoms with Crippen molar-refractivity contribution in [1.29, 1.82) is 0 Å². The zero-order valence-electron chi connectivity index (χ0n) is 16.9. The Balaban J connectivity index is 1.54. The number of thiocarbonyl (C=S) groups is 1. The molecule has 0 unspecified atom stereocenters. The number of carbonyl (C=O) groups excluding carboxylic acids is 1. The summed E-state index contributed by atoms with van der Waals surface area (Å²) in [5.74, 6) is 0.269. The van der Waals surface area contributed by atoms with Gasteiger partial charge in [0.1, 0.15) is 12.4 Å². The second-order valence-electron chi connectivity index (χ2n) is 6.79. The highest BCUT2D eigenvalue weighted by Crippen LogP contribution is 2.38. The first-order valence-corrected chi connectivity index (χ1v) is 11.6. The maximum Gasteiger partial charge on any atom is 0.270 e. The number of methoxy groups -OCH3 is 1. The summed E-state index contributed by atoms with van der Waals surface area (Å²) in [6, 6.07) is 19.3. The molecule has 4 nitrogen and oxygen atoms in total. The van der Waals surface area contributed by atoms with Crippen molar-refractivity contribution in [1.82, 2.24) is 0 Å². The van der Waals surface area contributed by atoms with Crippen molar-refractivity contribution in [3.8, 4) is 11.5 Å². The first-order chi connectivity index (χ1) is 15.5. The smallest absolute Gasteiger partial charge is 0.270 e. The van der Waals surface area contributed by atoms with Gasteiger partial charge in [0.15, 0.2) is 15.8 Å². The molecule has 1 saturated heterocycles. The first-order valence-electron chi connectivity index (χ1n) is 9.54. The Hall–Kier alpha value is -2.68. The van der Waals surface area contributed by atoms with E-state index in [0.717, 1.165) is 27.4 Å². The van der Waals surface area contributed by atoms with Crippen LogP contribution >= 0.6 is 39.9 Å². The summed E-state index contributed by atoms with van der Waals surface area (Å²) in [5, 5.41) is 0. The molecule has 1 aliphatic heterocycles. The van der Waals surface area contributed by atoms with Crippen molar-refractivity contribution in [3.63, 3.8) is 0 Å². The van der Waals surface area contributed by atoms with Gasteiger partial charge in [-0.25, -0.2) is 4.39 Å². The molecular weight excluding hydrogens is 513 g/mol. The zero-order valence-corrected chi connectivity index (χ0v) is 20.1. The van der Waals surface area contributed by atoms with Crippen LogP contribution in [0.1, 0.15) is 11.1 Å². The number of hydrogen-bond donors (Lipinski definition) is 0. The fourth-order valence-corrected chi connectivity index (χ4v) is 4.64. The molecule has 0 spiro atoms. The SMILES string of the molecule is COc1cc(/C=C2/SC(=S)N(c3ccccc3F)C2=O)ccc1OCc1ccc(Br)cc1. The molecular formula is C24H17BrFNO3S2. The van der Waals surface area contributed by atoms with Gasteiger partial charge in [0.2, 0.25) is 0 Å². The molecule has 3 aromatic carbocycles. The molecule has 162 valence electrons. The van der Waals surface area contributed by atoms with E-state index in [2.05, 4.69) is 15.9 Å². The number of thioether (sulfide) groups is 1.